The molecular formula is C16H27Cl2N3O2. The molecule has 0 spiro atoms. The van der Waals surface area contributed by atoms with E-state index in [-0.39, 0.29) is 36.6 Å². The first-order valence-electron chi connectivity index (χ1n) is 7.48. The first kappa shape index (κ1) is 21.8. The number of hydrogen-bond acceptors (Lipinski definition) is 4. The van der Waals surface area contributed by atoms with Crippen LogP contribution in [0.25, 0.3) is 0 Å². The van der Waals surface area contributed by atoms with Gasteiger partial charge in [-0.25, -0.2) is 0 Å². The number of halogens is 2. The highest BCUT2D eigenvalue weighted by Crippen LogP contribution is 2.28. The number of methoxy groups -OCH3 is 1. The average Bonchev–Trinajstić information content (AvgIpc) is 2.54. The molecule has 23 heavy (non-hydrogen) atoms. The summed E-state index contributed by atoms with van der Waals surface area (Å²) in [5.74, 6) is 1.16. The quantitative estimate of drug-likeness (QED) is 0.869. The highest BCUT2D eigenvalue weighted by molar-refractivity contribution is 5.85. The zero-order valence-electron chi connectivity index (χ0n) is 13.9. The number of benzene rings is 1. The Hall–Kier alpha value is -1.17. The number of rotatable bonds is 5. The van der Waals surface area contributed by atoms with E-state index >= 15 is 0 Å². The molecule has 0 aromatic heterocycles. The summed E-state index contributed by atoms with van der Waals surface area (Å²) in [6.07, 6.45) is 0. The molecule has 1 unspecified atom stereocenters. The molecule has 1 saturated heterocycles. The van der Waals surface area contributed by atoms with Gasteiger partial charge in [-0.15, -0.1) is 24.8 Å². The number of nitrogens with one attached hydrogen (secondary N) is 1. The Bertz CT molecular complexity index is 480. The molecule has 132 valence electrons. The van der Waals surface area contributed by atoms with Gasteiger partial charge in [-0.3, -0.25) is 4.79 Å². The smallest absolute Gasteiger partial charge is 0.226 e. The van der Waals surface area contributed by atoms with Gasteiger partial charge in [0.1, 0.15) is 5.75 Å². The van der Waals surface area contributed by atoms with Gasteiger partial charge in [0.2, 0.25) is 5.91 Å². The van der Waals surface area contributed by atoms with E-state index in [0.29, 0.717) is 0 Å². The maximum atomic E-state index is 12.3. The summed E-state index contributed by atoms with van der Waals surface area (Å²) in [4.78, 5) is 16.5. The maximum absolute atomic E-state index is 12.3. The molecule has 1 atom stereocenters. The fourth-order valence-corrected chi connectivity index (χ4v) is 2.76. The number of ether oxygens (including phenoxy) is 1. The summed E-state index contributed by atoms with van der Waals surface area (Å²) >= 11 is 0. The van der Waals surface area contributed by atoms with Gasteiger partial charge in [-0.05, 0) is 19.2 Å². The third-order valence-electron chi connectivity index (χ3n) is 3.95. The molecule has 1 N–H and O–H groups in total. The Morgan fingerprint density at radius 3 is 2.39 bits per heavy atom. The van der Waals surface area contributed by atoms with Crippen LogP contribution in [0.5, 0.6) is 5.75 Å². The second-order valence-corrected chi connectivity index (χ2v) is 5.44. The predicted octanol–water partition coefficient (Wildman–Crippen LogP) is 2.04. The Morgan fingerprint density at radius 1 is 1.22 bits per heavy atom. The highest BCUT2D eigenvalue weighted by Gasteiger charge is 2.25. The first-order valence-corrected chi connectivity index (χ1v) is 7.48. The van der Waals surface area contributed by atoms with Crippen molar-refractivity contribution in [2.75, 3.05) is 51.8 Å². The van der Waals surface area contributed by atoms with E-state index in [0.717, 1.165) is 44.2 Å². The average molecular weight is 364 g/mol. The van der Waals surface area contributed by atoms with Gasteiger partial charge in [-0.2, -0.15) is 0 Å². The van der Waals surface area contributed by atoms with E-state index in [1.807, 2.05) is 37.1 Å². The van der Waals surface area contributed by atoms with Crippen LogP contribution >= 0.6 is 24.8 Å². The summed E-state index contributed by atoms with van der Waals surface area (Å²) in [5.41, 5.74) is 1.11. The van der Waals surface area contributed by atoms with Crippen LogP contribution in [0, 0.1) is 5.92 Å². The molecule has 0 aliphatic carbocycles. The third kappa shape index (κ3) is 5.44. The molecule has 1 fully saturated rings. The molecule has 1 aliphatic rings. The second kappa shape index (κ2) is 10.6. The third-order valence-corrected chi connectivity index (χ3v) is 3.95. The van der Waals surface area contributed by atoms with Crippen molar-refractivity contribution < 1.29 is 9.53 Å². The van der Waals surface area contributed by atoms with Gasteiger partial charge < -0.3 is 19.9 Å². The maximum Gasteiger partial charge on any atom is 0.226 e. The number of carbonyl (C=O) groups excluding carboxylic acids is 1. The van der Waals surface area contributed by atoms with Crippen LogP contribution in [0.4, 0.5) is 5.69 Å². The molecule has 1 amide bonds. The van der Waals surface area contributed by atoms with Crippen molar-refractivity contribution in [1.82, 2.24) is 10.2 Å². The lowest BCUT2D eigenvalue weighted by Crippen LogP contribution is -2.51. The molecule has 0 radical (unpaired) electrons. The predicted molar refractivity (Wildman–Crippen MR) is 99.4 cm³/mol. The number of nitrogens with zero attached hydrogens (tertiary/aromatic N) is 2. The van der Waals surface area contributed by atoms with Crippen LogP contribution in [-0.4, -0.2) is 57.7 Å². The van der Waals surface area contributed by atoms with E-state index in [1.54, 1.807) is 7.11 Å². The molecule has 0 bridgehead atoms. The van der Waals surface area contributed by atoms with Crippen LogP contribution in [0.3, 0.4) is 0 Å². The van der Waals surface area contributed by atoms with Crippen LogP contribution in [0.15, 0.2) is 24.3 Å². The molecule has 1 aliphatic heterocycles. The van der Waals surface area contributed by atoms with E-state index in [9.17, 15) is 4.79 Å². The second-order valence-electron chi connectivity index (χ2n) is 5.44. The zero-order valence-corrected chi connectivity index (χ0v) is 15.6. The van der Waals surface area contributed by atoms with Gasteiger partial charge in [0.25, 0.3) is 0 Å². The Balaban J connectivity index is 0.00000242. The number of carbonyl (C=O) groups is 1. The Kier molecular flexibility index (Phi) is 10.0. The van der Waals surface area contributed by atoms with Gasteiger partial charge in [0.05, 0.1) is 12.8 Å². The monoisotopic (exact) mass is 363 g/mol. The molecule has 5 nitrogen and oxygen atoms in total. The van der Waals surface area contributed by atoms with Crippen molar-refractivity contribution in [3.8, 4) is 5.75 Å². The largest absolute Gasteiger partial charge is 0.495 e. The Labute approximate surface area is 151 Å². The van der Waals surface area contributed by atoms with Crippen LogP contribution in [0.2, 0.25) is 0 Å². The Morgan fingerprint density at radius 2 is 1.83 bits per heavy atom. The van der Waals surface area contributed by atoms with Crippen molar-refractivity contribution in [2.24, 2.45) is 5.92 Å². The minimum absolute atomic E-state index is 0. The number of piperazine rings is 1. The van der Waals surface area contributed by atoms with Crippen molar-refractivity contribution in [3.63, 3.8) is 0 Å². The topological polar surface area (TPSA) is 44.8 Å². The molecule has 2 rings (SSSR count). The molecule has 0 saturated carbocycles. The van der Waals surface area contributed by atoms with Crippen molar-refractivity contribution in [2.45, 2.75) is 6.92 Å². The van der Waals surface area contributed by atoms with E-state index < -0.39 is 0 Å². The lowest BCUT2D eigenvalue weighted by molar-refractivity contribution is -0.135. The standard InChI is InChI=1S/C16H25N3O2.2ClH/c1-13(12-17-2)16(20)19-10-8-18(9-11-19)14-6-4-5-7-15(14)21-3;;/h4-7,13,17H,8-12H2,1-3H3;2*1H. The van der Waals surface area contributed by atoms with Gasteiger partial charge in [-0.1, -0.05) is 19.1 Å². The number of anilines is 1. The minimum atomic E-state index is 0. The fraction of sp³-hybridized carbons (Fsp3) is 0.562. The summed E-state index contributed by atoms with van der Waals surface area (Å²) < 4.78 is 5.41. The first-order chi connectivity index (χ1) is 10.2. The van der Waals surface area contributed by atoms with Gasteiger partial charge >= 0.3 is 0 Å². The summed E-state index contributed by atoms with van der Waals surface area (Å²) in [7, 11) is 3.57. The summed E-state index contributed by atoms with van der Waals surface area (Å²) in [6, 6.07) is 8.04. The number of amides is 1. The lowest BCUT2D eigenvalue weighted by Gasteiger charge is -2.37. The van der Waals surface area contributed by atoms with Crippen molar-refractivity contribution in [1.29, 1.82) is 0 Å². The molecule has 1 aromatic rings. The molecular weight excluding hydrogens is 337 g/mol. The molecule has 7 heteroatoms. The SMILES string of the molecule is CNCC(C)C(=O)N1CCN(c2ccccc2OC)CC1.Cl.Cl. The van der Waals surface area contributed by atoms with E-state index in [1.165, 1.54) is 0 Å². The number of hydrogen-bond donors (Lipinski definition) is 1. The van der Waals surface area contributed by atoms with Gasteiger partial charge in [0.15, 0.2) is 0 Å². The lowest BCUT2D eigenvalue weighted by atomic mass is 10.1. The minimum Gasteiger partial charge on any atom is -0.495 e. The van der Waals surface area contributed by atoms with Crippen LogP contribution in [0.1, 0.15) is 6.92 Å². The summed E-state index contributed by atoms with van der Waals surface area (Å²) in [5, 5.41) is 3.06. The van der Waals surface area contributed by atoms with Crippen molar-refractivity contribution >= 4 is 36.4 Å². The summed E-state index contributed by atoms with van der Waals surface area (Å²) in [6.45, 7) is 5.93. The number of para-hydroxylation sites is 2. The van der Waals surface area contributed by atoms with Gasteiger partial charge in [0, 0.05) is 38.6 Å². The van der Waals surface area contributed by atoms with E-state index in [2.05, 4.69) is 16.3 Å². The molecule has 1 aromatic carbocycles. The van der Waals surface area contributed by atoms with Crippen LogP contribution < -0.4 is 15.0 Å². The van der Waals surface area contributed by atoms with Crippen molar-refractivity contribution in [3.05, 3.63) is 24.3 Å². The highest BCUT2D eigenvalue weighted by atomic mass is 35.5. The molecule has 1 heterocycles. The van der Waals surface area contributed by atoms with E-state index in [4.69, 9.17) is 4.74 Å². The zero-order chi connectivity index (χ0) is 15.2. The normalized spacial score (nSPS) is 15.3. The fourth-order valence-electron chi connectivity index (χ4n) is 2.76. The van der Waals surface area contributed by atoms with Crippen LogP contribution in [-0.2, 0) is 4.79 Å².